The Morgan fingerprint density at radius 3 is 2.13 bits per heavy atom. The second-order valence-electron chi connectivity index (χ2n) is 2.90. The van der Waals surface area contributed by atoms with Gasteiger partial charge in [-0.3, -0.25) is 0 Å². The Bertz CT molecular complexity index is 361. The minimum absolute atomic E-state index is 0.353. The number of nitrogens with two attached hydrogens (primary N) is 2. The van der Waals surface area contributed by atoms with E-state index in [2.05, 4.69) is 10.6 Å². The molecule has 0 radical (unpaired) electrons. The van der Waals surface area contributed by atoms with Gasteiger partial charge < -0.3 is 22.1 Å². The van der Waals surface area contributed by atoms with Crippen LogP contribution >= 0.6 is 0 Å². The Morgan fingerprint density at radius 1 is 1.07 bits per heavy atom. The SMILES string of the molecule is NC(=O)NCc1ccc(NC(N)=O)cc1. The van der Waals surface area contributed by atoms with Crippen LogP contribution in [0.3, 0.4) is 0 Å². The van der Waals surface area contributed by atoms with E-state index in [0.29, 0.717) is 12.2 Å². The van der Waals surface area contributed by atoms with Crippen molar-refractivity contribution in [1.29, 1.82) is 0 Å². The normalized spacial score (nSPS) is 9.33. The zero-order chi connectivity index (χ0) is 11.3. The lowest BCUT2D eigenvalue weighted by atomic mass is 10.2. The van der Waals surface area contributed by atoms with Gasteiger partial charge in [-0.25, -0.2) is 9.59 Å². The van der Waals surface area contributed by atoms with Gasteiger partial charge in [-0.15, -0.1) is 0 Å². The average molecular weight is 208 g/mol. The number of carbonyl (C=O) groups excluding carboxylic acids is 2. The van der Waals surface area contributed by atoms with Gasteiger partial charge in [-0.1, -0.05) is 12.1 Å². The quantitative estimate of drug-likeness (QED) is 0.574. The molecular weight excluding hydrogens is 196 g/mol. The van der Waals surface area contributed by atoms with Crippen LogP contribution in [0.2, 0.25) is 0 Å². The molecule has 6 heteroatoms. The van der Waals surface area contributed by atoms with Gasteiger partial charge >= 0.3 is 12.1 Å². The fourth-order valence-electron chi connectivity index (χ4n) is 1.04. The molecule has 0 aliphatic carbocycles. The number of rotatable bonds is 3. The van der Waals surface area contributed by atoms with Gasteiger partial charge in [0.2, 0.25) is 0 Å². The topological polar surface area (TPSA) is 110 Å². The van der Waals surface area contributed by atoms with Crippen LogP contribution in [0.1, 0.15) is 5.56 Å². The summed E-state index contributed by atoms with van der Waals surface area (Å²) >= 11 is 0. The number of anilines is 1. The summed E-state index contributed by atoms with van der Waals surface area (Å²) in [6.45, 7) is 0.353. The third-order valence-electron chi connectivity index (χ3n) is 1.69. The monoisotopic (exact) mass is 208 g/mol. The van der Waals surface area contributed by atoms with Crippen LogP contribution in [0.5, 0.6) is 0 Å². The number of amides is 4. The van der Waals surface area contributed by atoms with Crippen LogP contribution in [-0.2, 0) is 6.54 Å². The van der Waals surface area contributed by atoms with Gasteiger partial charge in [0, 0.05) is 12.2 Å². The van der Waals surface area contributed by atoms with Crippen molar-refractivity contribution in [3.63, 3.8) is 0 Å². The van der Waals surface area contributed by atoms with Crippen molar-refractivity contribution < 1.29 is 9.59 Å². The molecule has 0 heterocycles. The zero-order valence-corrected chi connectivity index (χ0v) is 7.99. The van der Waals surface area contributed by atoms with Gasteiger partial charge in [-0.2, -0.15) is 0 Å². The molecule has 0 spiro atoms. The largest absolute Gasteiger partial charge is 0.352 e. The first-order chi connectivity index (χ1) is 7.08. The molecule has 0 aromatic heterocycles. The first kappa shape index (κ1) is 10.8. The molecule has 0 fully saturated rings. The summed E-state index contributed by atoms with van der Waals surface area (Å²) < 4.78 is 0. The van der Waals surface area contributed by atoms with Gasteiger partial charge in [0.1, 0.15) is 0 Å². The maximum absolute atomic E-state index is 10.5. The smallest absolute Gasteiger partial charge is 0.316 e. The number of urea groups is 2. The maximum atomic E-state index is 10.5. The molecular formula is C9H12N4O2. The molecule has 0 saturated carbocycles. The van der Waals surface area contributed by atoms with E-state index in [0.717, 1.165) is 5.56 Å². The highest BCUT2D eigenvalue weighted by molar-refractivity contribution is 5.87. The Kier molecular flexibility index (Phi) is 3.50. The first-order valence-corrected chi connectivity index (χ1v) is 4.26. The number of carbonyl (C=O) groups is 2. The van der Waals surface area contributed by atoms with Crippen LogP contribution in [0.4, 0.5) is 15.3 Å². The number of benzene rings is 1. The molecule has 0 atom stereocenters. The van der Waals surface area contributed by atoms with Crippen molar-refractivity contribution in [2.24, 2.45) is 11.5 Å². The van der Waals surface area contributed by atoms with E-state index >= 15 is 0 Å². The Balaban J connectivity index is 2.56. The summed E-state index contributed by atoms with van der Waals surface area (Å²) in [4.78, 5) is 20.9. The van der Waals surface area contributed by atoms with Crippen LogP contribution in [0, 0.1) is 0 Å². The number of primary amides is 2. The minimum Gasteiger partial charge on any atom is -0.352 e. The van der Waals surface area contributed by atoms with Gasteiger partial charge in [0.25, 0.3) is 0 Å². The molecule has 0 aliphatic heterocycles. The molecule has 15 heavy (non-hydrogen) atoms. The summed E-state index contributed by atoms with van der Waals surface area (Å²) in [5.41, 5.74) is 11.3. The summed E-state index contributed by atoms with van der Waals surface area (Å²) in [5.74, 6) is 0. The second-order valence-corrected chi connectivity index (χ2v) is 2.90. The molecule has 6 N–H and O–H groups in total. The lowest BCUT2D eigenvalue weighted by molar-refractivity contribution is 0.248. The third-order valence-corrected chi connectivity index (χ3v) is 1.69. The van der Waals surface area contributed by atoms with Crippen molar-refractivity contribution >= 4 is 17.7 Å². The lowest BCUT2D eigenvalue weighted by Crippen LogP contribution is -2.28. The molecule has 0 bridgehead atoms. The molecule has 4 amide bonds. The molecule has 1 aromatic carbocycles. The second kappa shape index (κ2) is 4.85. The van der Waals surface area contributed by atoms with Crippen molar-refractivity contribution in [3.8, 4) is 0 Å². The lowest BCUT2D eigenvalue weighted by Gasteiger charge is -2.04. The van der Waals surface area contributed by atoms with Gasteiger partial charge in [-0.05, 0) is 17.7 Å². The van der Waals surface area contributed by atoms with E-state index in [9.17, 15) is 9.59 Å². The zero-order valence-electron chi connectivity index (χ0n) is 7.99. The summed E-state index contributed by atoms with van der Waals surface area (Å²) in [7, 11) is 0. The summed E-state index contributed by atoms with van der Waals surface area (Å²) in [6, 6.07) is 5.68. The van der Waals surface area contributed by atoms with E-state index in [1.165, 1.54) is 0 Å². The van der Waals surface area contributed by atoms with E-state index in [1.54, 1.807) is 24.3 Å². The van der Waals surface area contributed by atoms with E-state index in [1.807, 2.05) is 0 Å². The summed E-state index contributed by atoms with van der Waals surface area (Å²) in [5, 5.41) is 4.87. The number of hydrogen-bond donors (Lipinski definition) is 4. The Hall–Kier alpha value is -2.24. The van der Waals surface area contributed by atoms with Crippen LogP contribution < -0.4 is 22.1 Å². The van der Waals surface area contributed by atoms with Crippen molar-refractivity contribution in [2.75, 3.05) is 5.32 Å². The highest BCUT2D eigenvalue weighted by Gasteiger charge is 1.97. The average Bonchev–Trinajstić information content (AvgIpc) is 2.16. The van der Waals surface area contributed by atoms with Crippen molar-refractivity contribution in [2.45, 2.75) is 6.54 Å². The number of hydrogen-bond acceptors (Lipinski definition) is 2. The van der Waals surface area contributed by atoms with Crippen molar-refractivity contribution in [3.05, 3.63) is 29.8 Å². The third kappa shape index (κ3) is 3.99. The molecule has 6 nitrogen and oxygen atoms in total. The number of nitrogens with one attached hydrogen (secondary N) is 2. The van der Waals surface area contributed by atoms with Crippen LogP contribution in [0.25, 0.3) is 0 Å². The predicted molar refractivity (Wildman–Crippen MR) is 56.1 cm³/mol. The molecule has 0 unspecified atom stereocenters. The standard InChI is InChI=1S/C9H12N4O2/c10-8(14)12-5-6-1-3-7(4-2-6)13-9(11)15/h1-4H,5H2,(H3,10,12,14)(H3,11,13,15). The van der Waals surface area contributed by atoms with Gasteiger partial charge in [0.05, 0.1) is 0 Å². The highest BCUT2D eigenvalue weighted by Crippen LogP contribution is 2.08. The van der Waals surface area contributed by atoms with Crippen molar-refractivity contribution in [1.82, 2.24) is 5.32 Å². The fraction of sp³-hybridized carbons (Fsp3) is 0.111. The molecule has 1 rings (SSSR count). The molecule has 1 aromatic rings. The highest BCUT2D eigenvalue weighted by atomic mass is 16.2. The van der Waals surface area contributed by atoms with Crippen LogP contribution in [0.15, 0.2) is 24.3 Å². The summed E-state index contributed by atoms with van der Waals surface area (Å²) in [6.07, 6.45) is 0. The molecule has 80 valence electrons. The van der Waals surface area contributed by atoms with E-state index in [-0.39, 0.29) is 0 Å². The molecule has 0 saturated heterocycles. The van der Waals surface area contributed by atoms with E-state index in [4.69, 9.17) is 11.5 Å². The van der Waals surface area contributed by atoms with Crippen LogP contribution in [-0.4, -0.2) is 12.1 Å². The van der Waals surface area contributed by atoms with Gasteiger partial charge in [0.15, 0.2) is 0 Å². The Labute approximate surface area is 86.6 Å². The first-order valence-electron chi connectivity index (χ1n) is 4.26. The maximum Gasteiger partial charge on any atom is 0.316 e. The Morgan fingerprint density at radius 2 is 1.67 bits per heavy atom. The predicted octanol–water partition coefficient (Wildman–Crippen LogP) is 0.345. The molecule has 0 aliphatic rings. The minimum atomic E-state index is -0.613. The van der Waals surface area contributed by atoms with E-state index < -0.39 is 12.1 Å². The fourth-order valence-corrected chi connectivity index (χ4v) is 1.04.